The Morgan fingerprint density at radius 2 is 1.82 bits per heavy atom. The van der Waals surface area contributed by atoms with E-state index in [9.17, 15) is 18.8 Å². The number of halogens is 1. The summed E-state index contributed by atoms with van der Waals surface area (Å²) in [4.78, 5) is 40.2. The lowest BCUT2D eigenvalue weighted by atomic mass is 9.96. The number of likely N-dealkylation sites (tertiary alicyclic amines) is 2. The third-order valence-electron chi connectivity index (χ3n) is 5.63. The number of benzene rings is 1. The predicted octanol–water partition coefficient (Wildman–Crippen LogP) is 1.59. The molecule has 2 aliphatic heterocycles. The minimum absolute atomic E-state index is 0.0194. The molecule has 0 aliphatic carbocycles. The summed E-state index contributed by atoms with van der Waals surface area (Å²) < 4.78 is 13.0. The summed E-state index contributed by atoms with van der Waals surface area (Å²) in [5.41, 5.74) is 0.778. The standard InChI is InChI=1S/C21H28FN3O3/c1-15(26)23-12-17-8-10-25(13-17)21(28)18-3-2-9-24(14-18)20(27)11-16-4-6-19(22)7-5-16/h4-7,17-18H,2-3,8-14H2,1H3,(H,23,26)/t17-,18+/m1/s1. The van der Waals surface area contributed by atoms with Crippen LogP contribution in [-0.4, -0.2) is 60.2 Å². The van der Waals surface area contributed by atoms with Crippen LogP contribution in [0.1, 0.15) is 31.7 Å². The van der Waals surface area contributed by atoms with Crippen molar-refractivity contribution in [3.63, 3.8) is 0 Å². The maximum atomic E-state index is 13.0. The molecular formula is C21H28FN3O3. The molecule has 3 amide bonds. The molecule has 2 heterocycles. The van der Waals surface area contributed by atoms with E-state index in [4.69, 9.17) is 0 Å². The molecule has 1 N–H and O–H groups in total. The van der Waals surface area contributed by atoms with E-state index >= 15 is 0 Å². The summed E-state index contributed by atoms with van der Waals surface area (Å²) >= 11 is 0. The first-order valence-electron chi connectivity index (χ1n) is 9.98. The van der Waals surface area contributed by atoms with E-state index in [1.165, 1.54) is 19.1 Å². The number of hydrogen-bond acceptors (Lipinski definition) is 3. The number of carbonyl (C=O) groups excluding carboxylic acids is 3. The molecule has 0 spiro atoms. The highest BCUT2D eigenvalue weighted by Crippen LogP contribution is 2.24. The molecule has 0 unspecified atom stereocenters. The van der Waals surface area contributed by atoms with E-state index in [0.717, 1.165) is 24.8 Å². The van der Waals surface area contributed by atoms with Gasteiger partial charge in [-0.15, -0.1) is 0 Å². The van der Waals surface area contributed by atoms with E-state index in [2.05, 4.69) is 5.32 Å². The third kappa shape index (κ3) is 5.30. The van der Waals surface area contributed by atoms with Crippen molar-refractivity contribution < 1.29 is 18.8 Å². The van der Waals surface area contributed by atoms with Crippen molar-refractivity contribution in [1.29, 1.82) is 0 Å². The average molecular weight is 389 g/mol. The SMILES string of the molecule is CC(=O)NC[C@H]1CCN(C(=O)[C@H]2CCCN(C(=O)Cc3ccc(F)cc3)C2)C1. The second-order valence-electron chi connectivity index (χ2n) is 7.86. The molecule has 28 heavy (non-hydrogen) atoms. The first-order chi connectivity index (χ1) is 13.4. The number of nitrogens with one attached hydrogen (secondary N) is 1. The Morgan fingerprint density at radius 1 is 1.07 bits per heavy atom. The molecule has 3 rings (SSSR count). The van der Waals surface area contributed by atoms with Crippen molar-refractivity contribution >= 4 is 17.7 Å². The third-order valence-corrected chi connectivity index (χ3v) is 5.63. The van der Waals surface area contributed by atoms with Crippen LogP contribution in [-0.2, 0) is 20.8 Å². The fraction of sp³-hybridized carbons (Fsp3) is 0.571. The molecule has 6 nitrogen and oxygen atoms in total. The summed E-state index contributed by atoms with van der Waals surface area (Å²) in [6.07, 6.45) is 2.73. The molecule has 0 radical (unpaired) electrons. The number of hydrogen-bond donors (Lipinski definition) is 1. The number of rotatable bonds is 5. The first-order valence-corrected chi connectivity index (χ1v) is 9.98. The van der Waals surface area contributed by atoms with Gasteiger partial charge in [-0.1, -0.05) is 12.1 Å². The Morgan fingerprint density at radius 3 is 2.54 bits per heavy atom. The van der Waals surface area contributed by atoms with Gasteiger partial charge in [-0.05, 0) is 42.9 Å². The van der Waals surface area contributed by atoms with Crippen LogP contribution in [0.15, 0.2) is 24.3 Å². The van der Waals surface area contributed by atoms with Gasteiger partial charge in [0, 0.05) is 39.6 Å². The Hall–Kier alpha value is -2.44. The first kappa shape index (κ1) is 20.3. The van der Waals surface area contributed by atoms with Crippen LogP contribution < -0.4 is 5.32 Å². The van der Waals surface area contributed by atoms with Crippen molar-refractivity contribution in [3.05, 3.63) is 35.6 Å². The van der Waals surface area contributed by atoms with Gasteiger partial charge in [-0.25, -0.2) is 4.39 Å². The van der Waals surface area contributed by atoms with E-state index in [1.807, 2.05) is 4.90 Å². The van der Waals surface area contributed by atoms with E-state index in [0.29, 0.717) is 38.6 Å². The highest BCUT2D eigenvalue weighted by Gasteiger charge is 2.34. The predicted molar refractivity (Wildman–Crippen MR) is 103 cm³/mol. The maximum Gasteiger partial charge on any atom is 0.227 e. The van der Waals surface area contributed by atoms with Crippen LogP contribution in [0.2, 0.25) is 0 Å². The molecule has 1 aromatic rings. The number of carbonyl (C=O) groups is 3. The van der Waals surface area contributed by atoms with Crippen LogP contribution in [0.5, 0.6) is 0 Å². The molecule has 0 aromatic heterocycles. The van der Waals surface area contributed by atoms with Crippen LogP contribution in [0, 0.1) is 17.7 Å². The molecule has 2 atom stereocenters. The zero-order valence-corrected chi connectivity index (χ0v) is 16.3. The van der Waals surface area contributed by atoms with Crippen LogP contribution in [0.3, 0.4) is 0 Å². The van der Waals surface area contributed by atoms with Gasteiger partial charge in [-0.3, -0.25) is 14.4 Å². The van der Waals surface area contributed by atoms with Crippen LogP contribution >= 0.6 is 0 Å². The number of amides is 3. The van der Waals surface area contributed by atoms with E-state index in [-0.39, 0.29) is 35.9 Å². The Labute approximate surface area is 165 Å². The van der Waals surface area contributed by atoms with Gasteiger partial charge in [0.15, 0.2) is 0 Å². The van der Waals surface area contributed by atoms with Gasteiger partial charge in [0.05, 0.1) is 12.3 Å². The summed E-state index contributed by atoms with van der Waals surface area (Å²) in [6, 6.07) is 5.96. The average Bonchev–Trinajstić information content (AvgIpc) is 3.16. The van der Waals surface area contributed by atoms with Gasteiger partial charge in [0.1, 0.15) is 5.82 Å². The second kappa shape index (κ2) is 9.17. The Kier molecular flexibility index (Phi) is 6.65. The number of piperidine rings is 1. The summed E-state index contributed by atoms with van der Waals surface area (Å²) in [6.45, 7) is 4.59. The fourth-order valence-corrected chi connectivity index (χ4v) is 4.04. The zero-order valence-electron chi connectivity index (χ0n) is 16.3. The molecule has 0 saturated carbocycles. The van der Waals surface area contributed by atoms with E-state index in [1.54, 1.807) is 17.0 Å². The highest BCUT2D eigenvalue weighted by atomic mass is 19.1. The molecule has 1 aromatic carbocycles. The lowest BCUT2D eigenvalue weighted by Crippen LogP contribution is -2.46. The monoisotopic (exact) mass is 389 g/mol. The van der Waals surface area contributed by atoms with Gasteiger partial charge >= 0.3 is 0 Å². The molecule has 2 fully saturated rings. The minimum atomic E-state index is -0.317. The van der Waals surface area contributed by atoms with Gasteiger partial charge in [-0.2, -0.15) is 0 Å². The summed E-state index contributed by atoms with van der Waals surface area (Å²) in [5, 5.41) is 2.82. The maximum absolute atomic E-state index is 13.0. The van der Waals surface area contributed by atoms with E-state index < -0.39 is 0 Å². The second-order valence-corrected chi connectivity index (χ2v) is 7.86. The van der Waals surface area contributed by atoms with Crippen molar-refractivity contribution in [1.82, 2.24) is 15.1 Å². The van der Waals surface area contributed by atoms with Crippen LogP contribution in [0.25, 0.3) is 0 Å². The molecular weight excluding hydrogens is 361 g/mol. The lowest BCUT2D eigenvalue weighted by molar-refractivity contribution is -0.140. The quantitative estimate of drug-likeness (QED) is 0.832. The molecule has 0 bridgehead atoms. The smallest absolute Gasteiger partial charge is 0.227 e. The Bertz CT molecular complexity index is 722. The molecule has 152 valence electrons. The van der Waals surface area contributed by atoms with Gasteiger partial charge in [0.2, 0.25) is 17.7 Å². The van der Waals surface area contributed by atoms with Crippen molar-refractivity contribution in [2.75, 3.05) is 32.7 Å². The summed E-state index contributed by atoms with van der Waals surface area (Å²) in [5.74, 6) is -0.133. The lowest BCUT2D eigenvalue weighted by Gasteiger charge is -2.34. The molecule has 2 aliphatic rings. The fourth-order valence-electron chi connectivity index (χ4n) is 4.04. The molecule has 7 heteroatoms. The molecule has 2 saturated heterocycles. The Balaban J connectivity index is 1.51. The number of nitrogens with zero attached hydrogens (tertiary/aromatic N) is 2. The van der Waals surface area contributed by atoms with Crippen LogP contribution in [0.4, 0.5) is 4.39 Å². The normalized spacial score (nSPS) is 22.2. The zero-order chi connectivity index (χ0) is 20.1. The largest absolute Gasteiger partial charge is 0.356 e. The van der Waals surface area contributed by atoms with Gasteiger partial charge < -0.3 is 15.1 Å². The van der Waals surface area contributed by atoms with Crippen molar-refractivity contribution in [3.8, 4) is 0 Å². The van der Waals surface area contributed by atoms with Gasteiger partial charge in [0.25, 0.3) is 0 Å². The minimum Gasteiger partial charge on any atom is -0.356 e. The topological polar surface area (TPSA) is 69.7 Å². The van der Waals surface area contributed by atoms with Crippen molar-refractivity contribution in [2.24, 2.45) is 11.8 Å². The highest BCUT2D eigenvalue weighted by molar-refractivity contribution is 5.82. The van der Waals surface area contributed by atoms with Crippen molar-refractivity contribution in [2.45, 2.75) is 32.6 Å². The summed E-state index contributed by atoms with van der Waals surface area (Å²) in [7, 11) is 0.